The van der Waals surface area contributed by atoms with E-state index < -0.39 is 18.5 Å². The minimum absolute atomic E-state index is 0.131. The Labute approximate surface area is 123 Å². The largest absolute Gasteiger partial charge is 0.452 e. The number of ether oxygens (including phenoxy) is 1. The number of likely N-dealkylation sites (N-methyl/N-ethyl adjacent to an activating group) is 1. The van der Waals surface area contributed by atoms with E-state index in [-0.39, 0.29) is 12.5 Å². The van der Waals surface area contributed by atoms with Gasteiger partial charge < -0.3 is 15.4 Å². The van der Waals surface area contributed by atoms with Crippen molar-refractivity contribution in [2.24, 2.45) is 0 Å². The van der Waals surface area contributed by atoms with E-state index in [0.29, 0.717) is 12.1 Å². The summed E-state index contributed by atoms with van der Waals surface area (Å²) in [5, 5.41) is 4.91. The molecule has 1 rings (SSSR count). The third kappa shape index (κ3) is 5.64. The number of amides is 2. The number of nitrogens with one attached hydrogen (secondary N) is 2. The molecule has 0 saturated heterocycles. The van der Waals surface area contributed by atoms with Crippen molar-refractivity contribution in [3.8, 4) is 0 Å². The highest BCUT2D eigenvalue weighted by molar-refractivity contribution is 5.93. The van der Waals surface area contributed by atoms with E-state index in [0.717, 1.165) is 11.1 Å². The van der Waals surface area contributed by atoms with E-state index in [4.69, 9.17) is 4.74 Å². The minimum atomic E-state index is -0.555. The SMILES string of the molecule is CCNC(=O)CNC(=O)COC(=O)c1ccc(C)cc1C. The van der Waals surface area contributed by atoms with Crippen LogP contribution in [-0.2, 0) is 14.3 Å². The molecule has 0 atom stereocenters. The first-order valence-corrected chi connectivity index (χ1v) is 6.71. The van der Waals surface area contributed by atoms with E-state index in [1.54, 1.807) is 26.0 Å². The minimum Gasteiger partial charge on any atom is -0.452 e. The Morgan fingerprint density at radius 3 is 2.43 bits per heavy atom. The van der Waals surface area contributed by atoms with Gasteiger partial charge in [-0.25, -0.2) is 4.79 Å². The van der Waals surface area contributed by atoms with Crippen LogP contribution in [0, 0.1) is 13.8 Å². The van der Waals surface area contributed by atoms with Crippen LogP contribution in [0.3, 0.4) is 0 Å². The Balaban J connectivity index is 2.42. The monoisotopic (exact) mass is 292 g/mol. The summed E-state index contributed by atoms with van der Waals surface area (Å²) < 4.78 is 4.92. The summed E-state index contributed by atoms with van der Waals surface area (Å²) >= 11 is 0. The molecule has 0 unspecified atom stereocenters. The quantitative estimate of drug-likeness (QED) is 0.756. The second-order valence-corrected chi connectivity index (χ2v) is 4.62. The fourth-order valence-electron chi connectivity index (χ4n) is 1.74. The predicted molar refractivity (Wildman–Crippen MR) is 77.9 cm³/mol. The van der Waals surface area contributed by atoms with E-state index in [1.807, 2.05) is 13.0 Å². The van der Waals surface area contributed by atoms with E-state index in [9.17, 15) is 14.4 Å². The molecule has 2 N–H and O–H groups in total. The number of aryl methyl sites for hydroxylation is 2. The fraction of sp³-hybridized carbons (Fsp3) is 0.400. The van der Waals surface area contributed by atoms with Crippen LogP contribution in [-0.4, -0.2) is 37.5 Å². The molecule has 6 nitrogen and oxygen atoms in total. The van der Waals surface area contributed by atoms with Crippen molar-refractivity contribution >= 4 is 17.8 Å². The Morgan fingerprint density at radius 1 is 1.10 bits per heavy atom. The molecule has 2 amide bonds. The Kier molecular flexibility index (Phi) is 6.39. The van der Waals surface area contributed by atoms with Gasteiger partial charge in [0, 0.05) is 6.54 Å². The van der Waals surface area contributed by atoms with Crippen LogP contribution in [0.2, 0.25) is 0 Å². The van der Waals surface area contributed by atoms with Crippen molar-refractivity contribution < 1.29 is 19.1 Å². The first kappa shape index (κ1) is 16.7. The Bertz CT molecular complexity index is 540. The lowest BCUT2D eigenvalue weighted by atomic mass is 10.1. The van der Waals surface area contributed by atoms with Gasteiger partial charge in [-0.1, -0.05) is 17.7 Å². The summed E-state index contributed by atoms with van der Waals surface area (Å²) in [5.41, 5.74) is 2.27. The van der Waals surface area contributed by atoms with Gasteiger partial charge >= 0.3 is 5.97 Å². The maximum Gasteiger partial charge on any atom is 0.338 e. The number of carbonyl (C=O) groups is 3. The topological polar surface area (TPSA) is 84.5 Å². The van der Waals surface area contributed by atoms with Crippen LogP contribution >= 0.6 is 0 Å². The van der Waals surface area contributed by atoms with Gasteiger partial charge in [-0.2, -0.15) is 0 Å². The average molecular weight is 292 g/mol. The standard InChI is InChI=1S/C15H20N2O4/c1-4-16-13(18)8-17-14(19)9-21-15(20)12-6-5-10(2)7-11(12)3/h5-7H,4,8-9H2,1-3H3,(H,16,18)(H,17,19). The highest BCUT2D eigenvalue weighted by atomic mass is 16.5. The second kappa shape index (κ2) is 8.04. The van der Waals surface area contributed by atoms with Crippen molar-refractivity contribution in [1.29, 1.82) is 0 Å². The fourth-order valence-corrected chi connectivity index (χ4v) is 1.74. The molecule has 114 valence electrons. The molecule has 1 aromatic rings. The van der Waals surface area contributed by atoms with Crippen molar-refractivity contribution in [1.82, 2.24) is 10.6 Å². The summed E-state index contributed by atoms with van der Waals surface area (Å²) in [5.74, 6) is -1.36. The zero-order valence-corrected chi connectivity index (χ0v) is 12.5. The molecule has 21 heavy (non-hydrogen) atoms. The summed E-state index contributed by atoms with van der Waals surface area (Å²) in [6, 6.07) is 5.34. The van der Waals surface area contributed by atoms with Gasteiger partial charge in [-0.3, -0.25) is 9.59 Å². The lowest BCUT2D eigenvalue weighted by molar-refractivity contribution is -0.127. The van der Waals surface area contributed by atoms with E-state index in [1.165, 1.54) is 0 Å². The molecule has 0 radical (unpaired) electrons. The molecule has 0 aromatic heterocycles. The van der Waals surface area contributed by atoms with Crippen molar-refractivity contribution in [3.63, 3.8) is 0 Å². The molecule has 0 fully saturated rings. The normalized spacial score (nSPS) is 9.86. The van der Waals surface area contributed by atoms with Gasteiger partial charge in [0.15, 0.2) is 6.61 Å². The molecule has 0 aliphatic carbocycles. The Morgan fingerprint density at radius 2 is 1.81 bits per heavy atom. The van der Waals surface area contributed by atoms with Gasteiger partial charge in [0.1, 0.15) is 0 Å². The number of hydrogen-bond acceptors (Lipinski definition) is 4. The second-order valence-electron chi connectivity index (χ2n) is 4.62. The highest BCUT2D eigenvalue weighted by Gasteiger charge is 2.13. The van der Waals surface area contributed by atoms with E-state index >= 15 is 0 Å². The van der Waals surface area contributed by atoms with Crippen molar-refractivity contribution in [3.05, 3.63) is 34.9 Å². The molecule has 6 heteroatoms. The third-order valence-corrected chi connectivity index (χ3v) is 2.76. The number of esters is 1. The highest BCUT2D eigenvalue weighted by Crippen LogP contribution is 2.11. The van der Waals surface area contributed by atoms with Gasteiger partial charge in [0.2, 0.25) is 5.91 Å². The number of hydrogen-bond donors (Lipinski definition) is 2. The molecule has 0 saturated carbocycles. The Hall–Kier alpha value is -2.37. The summed E-state index contributed by atoms with van der Waals surface area (Å²) in [7, 11) is 0. The molecule has 1 aromatic carbocycles. The van der Waals surface area contributed by atoms with Gasteiger partial charge in [-0.05, 0) is 32.4 Å². The van der Waals surface area contributed by atoms with Gasteiger partial charge in [0.25, 0.3) is 5.91 Å². The summed E-state index contributed by atoms with van der Waals surface area (Å²) in [6.45, 7) is 5.47. The predicted octanol–water partition coefficient (Wildman–Crippen LogP) is 0.713. The third-order valence-electron chi connectivity index (χ3n) is 2.76. The average Bonchev–Trinajstić information content (AvgIpc) is 2.43. The molecule has 0 bridgehead atoms. The number of carbonyl (C=O) groups excluding carboxylic acids is 3. The first-order valence-electron chi connectivity index (χ1n) is 6.71. The first-order chi connectivity index (χ1) is 9.93. The maximum atomic E-state index is 11.8. The van der Waals surface area contributed by atoms with Crippen LogP contribution in [0.1, 0.15) is 28.4 Å². The smallest absolute Gasteiger partial charge is 0.338 e. The van der Waals surface area contributed by atoms with Gasteiger partial charge in [-0.15, -0.1) is 0 Å². The van der Waals surface area contributed by atoms with Crippen LogP contribution < -0.4 is 10.6 Å². The van der Waals surface area contributed by atoms with Crippen LogP contribution in [0.5, 0.6) is 0 Å². The zero-order chi connectivity index (χ0) is 15.8. The van der Waals surface area contributed by atoms with Crippen molar-refractivity contribution in [2.75, 3.05) is 19.7 Å². The summed E-state index contributed by atoms with van der Waals surface area (Å²) in [6.07, 6.45) is 0. The lowest BCUT2D eigenvalue weighted by Gasteiger charge is -2.08. The zero-order valence-electron chi connectivity index (χ0n) is 12.5. The molecule has 0 heterocycles. The van der Waals surface area contributed by atoms with Gasteiger partial charge in [0.05, 0.1) is 12.1 Å². The lowest BCUT2D eigenvalue weighted by Crippen LogP contribution is -2.38. The molecular weight excluding hydrogens is 272 g/mol. The number of benzene rings is 1. The molecule has 0 aliphatic rings. The summed E-state index contributed by atoms with van der Waals surface area (Å²) in [4.78, 5) is 34.4. The maximum absolute atomic E-state index is 11.8. The van der Waals surface area contributed by atoms with Crippen LogP contribution in [0.25, 0.3) is 0 Å². The molecule has 0 spiro atoms. The van der Waals surface area contributed by atoms with Crippen LogP contribution in [0.4, 0.5) is 0 Å². The molecule has 0 aliphatic heterocycles. The number of rotatable bonds is 6. The van der Waals surface area contributed by atoms with E-state index in [2.05, 4.69) is 10.6 Å². The van der Waals surface area contributed by atoms with Crippen LogP contribution in [0.15, 0.2) is 18.2 Å². The van der Waals surface area contributed by atoms with Crippen molar-refractivity contribution in [2.45, 2.75) is 20.8 Å². The molecular formula is C15H20N2O4.